The second-order valence-electron chi connectivity index (χ2n) is 11.8. The van der Waals surface area contributed by atoms with Crippen molar-refractivity contribution in [3.63, 3.8) is 0 Å². The van der Waals surface area contributed by atoms with E-state index in [0.29, 0.717) is 33.2 Å². The third kappa shape index (κ3) is 4.32. The first-order valence-corrected chi connectivity index (χ1v) is 17.9. The molecule has 0 amide bonds. The molecule has 0 saturated carbocycles. The average molecular weight is 706 g/mol. The summed E-state index contributed by atoms with van der Waals surface area (Å²) in [4.78, 5) is 50.3. The molecule has 50 heavy (non-hydrogen) atoms. The SMILES string of the molecule is O=C(OCc1ccccc1)n1c2cc(-c3ncc(/N=c4\c(=O)c(=O)c5cc6ccccc6cc45)c4nsnc34)sc2c2sc3ccccc3c21. The summed E-state index contributed by atoms with van der Waals surface area (Å²) in [6, 6.07) is 30.8. The van der Waals surface area contributed by atoms with E-state index in [2.05, 4.69) is 19.8 Å². The number of thiophene rings is 2. The number of aromatic nitrogens is 4. The van der Waals surface area contributed by atoms with Crippen LogP contribution in [0.3, 0.4) is 0 Å². The van der Waals surface area contributed by atoms with E-state index in [1.54, 1.807) is 28.2 Å². The molecule has 0 aliphatic heterocycles. The number of benzene rings is 4. The Hall–Kier alpha value is -5.95. The van der Waals surface area contributed by atoms with Gasteiger partial charge in [0.15, 0.2) is 0 Å². The second-order valence-corrected chi connectivity index (χ2v) is 14.4. The standard InChI is InChI=1S/C38H19N5O4S3/c44-34-24-15-21-11-5-4-10-20(21)14-23(24)29(35(34)45)40-25-17-39-31(32-30(25)41-50-42-32)28-16-26-36(49-28)37-33(22-12-6-7-13-27(22)48-37)43(26)38(46)47-18-19-8-2-1-3-9-19/h1-17H,18H2/b40-29-. The van der Waals surface area contributed by atoms with Crippen LogP contribution < -0.4 is 16.2 Å². The molecule has 238 valence electrons. The van der Waals surface area contributed by atoms with Crippen LogP contribution in [-0.2, 0) is 11.3 Å². The number of ether oxygens (including phenoxy) is 1. The van der Waals surface area contributed by atoms with Gasteiger partial charge in [0.2, 0.25) is 5.43 Å². The Morgan fingerprint density at radius 1 is 0.760 bits per heavy atom. The predicted molar refractivity (Wildman–Crippen MR) is 201 cm³/mol. The average Bonchev–Trinajstić information content (AvgIpc) is 3.97. The maximum atomic E-state index is 13.8. The highest BCUT2D eigenvalue weighted by atomic mass is 32.1. The van der Waals surface area contributed by atoms with Gasteiger partial charge in [0, 0.05) is 20.9 Å². The number of carbonyl (C=O) groups is 1. The van der Waals surface area contributed by atoms with Crippen molar-refractivity contribution < 1.29 is 9.53 Å². The summed E-state index contributed by atoms with van der Waals surface area (Å²) in [5.41, 5.74) is 3.10. The molecule has 0 bridgehead atoms. The van der Waals surface area contributed by atoms with Crippen molar-refractivity contribution in [2.24, 2.45) is 4.99 Å². The van der Waals surface area contributed by atoms with E-state index in [4.69, 9.17) is 9.72 Å². The quantitative estimate of drug-likeness (QED) is 0.169. The number of rotatable bonds is 4. The van der Waals surface area contributed by atoms with E-state index in [1.807, 2.05) is 84.9 Å². The molecule has 0 unspecified atom stereocenters. The fraction of sp³-hybridized carbons (Fsp3) is 0.0263. The fourth-order valence-electron chi connectivity index (χ4n) is 6.56. The zero-order valence-electron chi connectivity index (χ0n) is 25.6. The van der Waals surface area contributed by atoms with Gasteiger partial charge in [0.05, 0.1) is 43.2 Å². The summed E-state index contributed by atoms with van der Waals surface area (Å²) in [6.07, 6.45) is 1.09. The maximum absolute atomic E-state index is 13.8. The molecular formula is C38H19N5O4S3. The van der Waals surface area contributed by atoms with E-state index < -0.39 is 17.0 Å². The summed E-state index contributed by atoms with van der Waals surface area (Å²) in [6.45, 7) is 0.144. The van der Waals surface area contributed by atoms with Crippen LogP contribution in [0.2, 0.25) is 0 Å². The first kappa shape index (κ1) is 29.0. The molecule has 0 saturated heterocycles. The molecule has 0 atom stereocenters. The Morgan fingerprint density at radius 3 is 2.34 bits per heavy atom. The number of nitrogens with zero attached hydrogens (tertiary/aromatic N) is 5. The van der Waals surface area contributed by atoms with E-state index in [9.17, 15) is 14.4 Å². The minimum absolute atomic E-state index is 0.0663. The van der Waals surface area contributed by atoms with Crippen molar-refractivity contribution in [1.29, 1.82) is 0 Å². The smallest absolute Gasteiger partial charge is 0.419 e. The lowest BCUT2D eigenvalue weighted by atomic mass is 10.1. The van der Waals surface area contributed by atoms with Gasteiger partial charge in [0.25, 0.3) is 5.43 Å². The molecule has 0 fully saturated rings. The Balaban J connectivity index is 1.13. The van der Waals surface area contributed by atoms with Crippen LogP contribution in [0.15, 0.2) is 118 Å². The van der Waals surface area contributed by atoms with Gasteiger partial charge < -0.3 is 4.74 Å². The third-order valence-corrected chi connectivity index (χ3v) is 11.9. The molecule has 9 nitrogen and oxygen atoms in total. The summed E-state index contributed by atoms with van der Waals surface area (Å²) in [5, 5.41) is 3.66. The van der Waals surface area contributed by atoms with Crippen LogP contribution in [0, 0.1) is 0 Å². The molecule has 10 rings (SSSR count). The maximum Gasteiger partial charge on any atom is 0.419 e. The predicted octanol–water partition coefficient (Wildman–Crippen LogP) is 8.46. The minimum atomic E-state index is -0.663. The van der Waals surface area contributed by atoms with Crippen molar-refractivity contribution >= 4 is 109 Å². The first-order valence-electron chi connectivity index (χ1n) is 15.5. The fourth-order valence-corrected chi connectivity index (χ4v) is 9.58. The highest BCUT2D eigenvalue weighted by Crippen LogP contribution is 2.47. The third-order valence-electron chi connectivity index (χ3n) is 8.88. The summed E-state index contributed by atoms with van der Waals surface area (Å²) in [7, 11) is 0. The Labute approximate surface area is 292 Å². The summed E-state index contributed by atoms with van der Waals surface area (Å²) in [5.74, 6) is 0. The van der Waals surface area contributed by atoms with Gasteiger partial charge in [-0.05, 0) is 40.6 Å². The van der Waals surface area contributed by atoms with Gasteiger partial charge in [0.1, 0.15) is 34.4 Å². The molecule has 5 aromatic heterocycles. The van der Waals surface area contributed by atoms with Gasteiger partial charge >= 0.3 is 6.09 Å². The van der Waals surface area contributed by atoms with Crippen LogP contribution in [0.1, 0.15) is 5.56 Å². The van der Waals surface area contributed by atoms with Gasteiger partial charge in [-0.1, -0.05) is 72.8 Å². The number of fused-ring (bicyclic) bond motifs is 8. The monoisotopic (exact) mass is 705 g/mol. The largest absolute Gasteiger partial charge is 0.444 e. The van der Waals surface area contributed by atoms with Gasteiger partial charge in [-0.2, -0.15) is 8.75 Å². The lowest BCUT2D eigenvalue weighted by Crippen LogP contribution is -2.30. The number of hydrogen-bond acceptors (Lipinski definition) is 11. The number of carbonyl (C=O) groups excluding carboxylic acids is 1. The van der Waals surface area contributed by atoms with E-state index in [-0.39, 0.29) is 12.0 Å². The van der Waals surface area contributed by atoms with E-state index in [0.717, 1.165) is 63.5 Å². The number of hydrogen-bond donors (Lipinski definition) is 0. The zero-order valence-corrected chi connectivity index (χ0v) is 28.1. The number of pyridine rings is 1. The molecule has 0 N–H and O–H groups in total. The van der Waals surface area contributed by atoms with Crippen LogP contribution in [-0.4, -0.2) is 24.4 Å². The Kier molecular flexibility index (Phi) is 6.40. The van der Waals surface area contributed by atoms with Crippen LogP contribution >= 0.6 is 34.4 Å². The molecule has 5 heterocycles. The van der Waals surface area contributed by atoms with Crippen molar-refractivity contribution in [2.45, 2.75) is 6.61 Å². The zero-order chi connectivity index (χ0) is 33.5. The Bertz CT molecular complexity index is 3180. The molecule has 0 radical (unpaired) electrons. The van der Waals surface area contributed by atoms with Gasteiger partial charge in [-0.25, -0.2) is 14.4 Å². The van der Waals surface area contributed by atoms with Crippen molar-refractivity contribution in [2.75, 3.05) is 0 Å². The summed E-state index contributed by atoms with van der Waals surface area (Å²) >= 11 is 4.17. The molecular weight excluding hydrogens is 687 g/mol. The molecule has 0 spiro atoms. The topological polar surface area (TPSA) is 116 Å². The Morgan fingerprint density at radius 2 is 1.50 bits per heavy atom. The van der Waals surface area contributed by atoms with Crippen LogP contribution in [0.5, 0.6) is 0 Å². The van der Waals surface area contributed by atoms with Crippen molar-refractivity contribution in [3.8, 4) is 10.6 Å². The van der Waals surface area contributed by atoms with Gasteiger partial charge in [-0.15, -0.1) is 22.7 Å². The lowest BCUT2D eigenvalue weighted by molar-refractivity contribution is 0.143. The van der Waals surface area contributed by atoms with E-state index >= 15 is 0 Å². The van der Waals surface area contributed by atoms with Gasteiger partial charge in [-0.3, -0.25) is 14.6 Å². The molecule has 0 aliphatic rings. The first-order chi connectivity index (χ1) is 24.5. The molecule has 5 aromatic carbocycles. The highest BCUT2D eigenvalue weighted by Gasteiger charge is 2.26. The van der Waals surface area contributed by atoms with Crippen LogP contribution in [0.25, 0.3) is 73.7 Å². The van der Waals surface area contributed by atoms with Crippen LogP contribution in [0.4, 0.5) is 10.5 Å². The highest BCUT2D eigenvalue weighted by molar-refractivity contribution is 7.32. The second kappa shape index (κ2) is 11.0. The minimum Gasteiger partial charge on any atom is -0.444 e. The lowest BCUT2D eigenvalue weighted by Gasteiger charge is -2.07. The molecule has 12 heteroatoms. The van der Waals surface area contributed by atoms with Crippen molar-refractivity contribution in [3.05, 3.63) is 135 Å². The van der Waals surface area contributed by atoms with E-state index in [1.165, 1.54) is 11.3 Å². The van der Waals surface area contributed by atoms with Crippen molar-refractivity contribution in [1.82, 2.24) is 18.3 Å². The summed E-state index contributed by atoms with van der Waals surface area (Å²) < 4.78 is 19.6. The molecule has 0 aliphatic carbocycles. The molecule has 10 aromatic rings. The normalized spacial score (nSPS) is 12.4.